The third-order valence-corrected chi connectivity index (χ3v) is 3.97. The van der Waals surface area contributed by atoms with Crippen molar-refractivity contribution < 1.29 is 18.3 Å². The molecule has 2 rings (SSSR count). The summed E-state index contributed by atoms with van der Waals surface area (Å²) in [6, 6.07) is 5.21. The lowest BCUT2D eigenvalue weighted by molar-refractivity contribution is 0.178. The number of hydrogen-bond acceptors (Lipinski definition) is 3. The predicted octanol–water partition coefficient (Wildman–Crippen LogP) is 3.64. The van der Waals surface area contributed by atoms with Crippen molar-refractivity contribution in [2.75, 3.05) is 6.54 Å². The van der Waals surface area contributed by atoms with Crippen LogP contribution in [0.4, 0.5) is 13.2 Å². The molecule has 7 heteroatoms. The van der Waals surface area contributed by atoms with E-state index in [1.807, 2.05) is 0 Å². The average Bonchev–Trinajstić information content (AvgIpc) is 2.82. The Morgan fingerprint density at radius 3 is 2.40 bits per heavy atom. The van der Waals surface area contributed by atoms with Gasteiger partial charge in [-0.3, -0.25) is 0 Å². The Morgan fingerprint density at radius 2 is 1.85 bits per heavy atom. The molecule has 1 unspecified atom stereocenters. The molecule has 1 heterocycles. The van der Waals surface area contributed by atoms with Crippen LogP contribution in [0.5, 0.6) is 0 Å². The summed E-state index contributed by atoms with van der Waals surface area (Å²) >= 11 is 7.01. The van der Waals surface area contributed by atoms with Crippen LogP contribution in [0.15, 0.2) is 24.3 Å². The molecule has 108 valence electrons. The second kappa shape index (κ2) is 6.58. The number of aliphatic hydroxyl groups is 1. The third-order valence-electron chi connectivity index (χ3n) is 2.63. The van der Waals surface area contributed by atoms with Gasteiger partial charge in [0.05, 0.1) is 4.34 Å². The lowest BCUT2D eigenvalue weighted by Gasteiger charge is -2.10. The molecule has 0 spiro atoms. The summed E-state index contributed by atoms with van der Waals surface area (Å²) in [4.78, 5) is 0.693. The molecule has 0 saturated heterocycles. The second-order valence-electron chi connectivity index (χ2n) is 4.16. The highest BCUT2D eigenvalue weighted by molar-refractivity contribution is 7.16. The van der Waals surface area contributed by atoms with Crippen LogP contribution in [0.1, 0.15) is 16.5 Å². The van der Waals surface area contributed by atoms with Crippen molar-refractivity contribution in [1.82, 2.24) is 5.32 Å². The Balaban J connectivity index is 1.90. The van der Waals surface area contributed by atoms with Gasteiger partial charge in [-0.1, -0.05) is 11.6 Å². The van der Waals surface area contributed by atoms with E-state index in [0.29, 0.717) is 9.21 Å². The highest BCUT2D eigenvalue weighted by atomic mass is 35.5. The molecule has 0 aliphatic rings. The van der Waals surface area contributed by atoms with E-state index in [2.05, 4.69) is 5.32 Å². The molecule has 20 heavy (non-hydrogen) atoms. The molecule has 0 fully saturated rings. The van der Waals surface area contributed by atoms with Gasteiger partial charge in [0.25, 0.3) is 0 Å². The molecule has 0 amide bonds. The third kappa shape index (κ3) is 3.73. The van der Waals surface area contributed by atoms with Gasteiger partial charge in [0.2, 0.25) is 0 Å². The zero-order valence-corrected chi connectivity index (χ0v) is 11.7. The largest absolute Gasteiger partial charge is 0.386 e. The molecule has 2 nitrogen and oxygen atoms in total. The first kappa shape index (κ1) is 15.3. The van der Waals surface area contributed by atoms with Crippen LogP contribution < -0.4 is 5.32 Å². The van der Waals surface area contributed by atoms with Crippen molar-refractivity contribution >= 4 is 22.9 Å². The molecule has 1 atom stereocenters. The Hall–Kier alpha value is -1.08. The minimum atomic E-state index is -1.48. The molecular formula is C13H11ClF3NOS. The molecular weight excluding hydrogens is 311 g/mol. The van der Waals surface area contributed by atoms with Gasteiger partial charge >= 0.3 is 0 Å². The van der Waals surface area contributed by atoms with Crippen molar-refractivity contribution in [3.05, 3.63) is 56.5 Å². The van der Waals surface area contributed by atoms with Gasteiger partial charge in [0.1, 0.15) is 6.10 Å². The monoisotopic (exact) mass is 321 g/mol. The second-order valence-corrected chi connectivity index (χ2v) is 5.91. The van der Waals surface area contributed by atoms with Crippen LogP contribution in [0, 0.1) is 17.5 Å². The van der Waals surface area contributed by atoms with Gasteiger partial charge in [-0.25, -0.2) is 13.2 Å². The molecule has 2 aromatic rings. The predicted molar refractivity (Wildman–Crippen MR) is 72.3 cm³/mol. The summed E-state index contributed by atoms with van der Waals surface area (Å²) in [5.41, 5.74) is 0.262. The molecule has 2 N–H and O–H groups in total. The van der Waals surface area contributed by atoms with E-state index in [9.17, 15) is 18.3 Å². The summed E-state index contributed by atoms with van der Waals surface area (Å²) in [5, 5.41) is 12.7. The zero-order chi connectivity index (χ0) is 14.7. The quantitative estimate of drug-likeness (QED) is 0.824. The fraction of sp³-hybridized carbons (Fsp3) is 0.231. The van der Waals surface area contributed by atoms with Crippen molar-refractivity contribution in [3.8, 4) is 0 Å². The maximum atomic E-state index is 13.0. The van der Waals surface area contributed by atoms with E-state index < -0.39 is 23.6 Å². The molecule has 0 saturated carbocycles. The molecule has 0 aliphatic carbocycles. The summed E-state index contributed by atoms with van der Waals surface area (Å²) in [5.74, 6) is -3.94. The Bertz CT molecular complexity index is 582. The Labute approximate surface area is 122 Å². The summed E-state index contributed by atoms with van der Waals surface area (Å²) in [6.45, 7) is 0.307. The van der Waals surface area contributed by atoms with Gasteiger partial charge in [-0.2, -0.15) is 0 Å². The number of nitrogens with one attached hydrogen (secondary N) is 1. The first-order chi connectivity index (χ1) is 9.47. The van der Waals surface area contributed by atoms with Gasteiger partial charge in [-0.15, -0.1) is 11.3 Å². The Kier molecular flexibility index (Phi) is 5.04. The van der Waals surface area contributed by atoms with Crippen LogP contribution in [0.25, 0.3) is 0 Å². The van der Waals surface area contributed by atoms with Crippen molar-refractivity contribution in [2.24, 2.45) is 0 Å². The van der Waals surface area contributed by atoms with E-state index in [1.165, 1.54) is 11.3 Å². The molecule has 0 aliphatic heterocycles. The first-order valence-electron chi connectivity index (χ1n) is 5.75. The van der Waals surface area contributed by atoms with Gasteiger partial charge in [0, 0.05) is 18.0 Å². The zero-order valence-electron chi connectivity index (χ0n) is 10.2. The average molecular weight is 322 g/mol. The van der Waals surface area contributed by atoms with Crippen molar-refractivity contribution in [1.29, 1.82) is 0 Å². The highest BCUT2D eigenvalue weighted by Gasteiger charge is 2.12. The minimum absolute atomic E-state index is 0.115. The van der Waals surface area contributed by atoms with Crippen LogP contribution in [0.2, 0.25) is 4.34 Å². The van der Waals surface area contributed by atoms with Gasteiger partial charge < -0.3 is 10.4 Å². The van der Waals surface area contributed by atoms with E-state index in [1.54, 1.807) is 12.1 Å². The molecule has 1 aromatic carbocycles. The van der Waals surface area contributed by atoms with E-state index in [4.69, 9.17) is 11.6 Å². The fourth-order valence-electron chi connectivity index (χ4n) is 1.67. The number of thiophene rings is 1. The van der Waals surface area contributed by atoms with Gasteiger partial charge in [-0.05, 0) is 29.8 Å². The highest BCUT2D eigenvalue weighted by Crippen LogP contribution is 2.26. The number of hydrogen-bond donors (Lipinski definition) is 2. The minimum Gasteiger partial charge on any atom is -0.386 e. The number of halogens is 4. The topological polar surface area (TPSA) is 32.3 Å². The number of benzene rings is 1. The maximum Gasteiger partial charge on any atom is 0.194 e. The van der Waals surface area contributed by atoms with Crippen LogP contribution in [-0.2, 0) is 6.54 Å². The fourth-order valence-corrected chi connectivity index (χ4v) is 2.72. The molecule has 0 bridgehead atoms. The van der Waals surface area contributed by atoms with Gasteiger partial charge in [0.15, 0.2) is 17.5 Å². The SMILES string of the molecule is OC(CNCc1cc(F)c(F)c(F)c1)c1ccc(Cl)s1. The standard InChI is InChI=1S/C13H11ClF3NOS/c14-12-2-1-11(20-12)10(19)6-18-5-7-3-8(15)13(17)9(16)4-7/h1-4,10,18-19H,5-6H2. The van der Waals surface area contributed by atoms with Crippen LogP contribution >= 0.6 is 22.9 Å². The maximum absolute atomic E-state index is 13.0. The number of aliphatic hydroxyl groups excluding tert-OH is 1. The van der Waals surface area contributed by atoms with Crippen molar-refractivity contribution in [3.63, 3.8) is 0 Å². The normalized spacial score (nSPS) is 12.7. The van der Waals surface area contributed by atoms with Crippen molar-refractivity contribution in [2.45, 2.75) is 12.6 Å². The smallest absolute Gasteiger partial charge is 0.194 e. The number of rotatable bonds is 5. The lowest BCUT2D eigenvalue weighted by Crippen LogP contribution is -2.20. The summed E-state index contributed by atoms with van der Waals surface area (Å²) in [6.07, 6.45) is -0.761. The van der Waals surface area contributed by atoms with E-state index in [0.717, 1.165) is 12.1 Å². The lowest BCUT2D eigenvalue weighted by atomic mass is 10.2. The summed E-state index contributed by atoms with van der Waals surface area (Å²) < 4.78 is 39.3. The van der Waals surface area contributed by atoms with E-state index >= 15 is 0 Å². The van der Waals surface area contributed by atoms with Crippen LogP contribution in [0.3, 0.4) is 0 Å². The summed E-state index contributed by atoms with van der Waals surface area (Å²) in [7, 11) is 0. The molecule has 0 radical (unpaired) electrons. The molecule has 1 aromatic heterocycles. The first-order valence-corrected chi connectivity index (χ1v) is 6.94. The van der Waals surface area contributed by atoms with E-state index in [-0.39, 0.29) is 18.7 Å². The van der Waals surface area contributed by atoms with Crippen LogP contribution in [-0.4, -0.2) is 11.7 Å². The Morgan fingerprint density at radius 1 is 1.20 bits per heavy atom.